The van der Waals surface area contributed by atoms with Crippen LogP contribution in [0.25, 0.3) is 0 Å². The van der Waals surface area contributed by atoms with Crippen LogP contribution in [0.5, 0.6) is 0 Å². The predicted octanol–water partition coefficient (Wildman–Crippen LogP) is 0.750. The number of carbonyl (C=O) groups excluding carboxylic acids is 1. The molecule has 0 spiro atoms. The van der Waals surface area contributed by atoms with E-state index in [0.717, 1.165) is 19.4 Å². The Balaban J connectivity index is 2.38. The highest BCUT2D eigenvalue weighted by Crippen LogP contribution is 2.19. The highest BCUT2D eigenvalue weighted by molar-refractivity contribution is 5.76. The lowest BCUT2D eigenvalue weighted by Gasteiger charge is -2.27. The molecule has 0 aromatic heterocycles. The van der Waals surface area contributed by atoms with Gasteiger partial charge >= 0.3 is 0 Å². The fourth-order valence-electron chi connectivity index (χ4n) is 1.94. The molecule has 0 aromatic carbocycles. The van der Waals surface area contributed by atoms with E-state index < -0.39 is 0 Å². The van der Waals surface area contributed by atoms with Crippen molar-refractivity contribution in [2.75, 3.05) is 13.7 Å². The standard InChI is InChI=1S/C11H22N2O2/c1-8(12)4-5-11(14)13(3)10-6-7-15-9(10)2/h8-10H,4-7,12H2,1-3H3. The van der Waals surface area contributed by atoms with E-state index in [4.69, 9.17) is 10.5 Å². The summed E-state index contributed by atoms with van der Waals surface area (Å²) in [5, 5.41) is 0. The number of carbonyl (C=O) groups is 1. The lowest BCUT2D eigenvalue weighted by atomic mass is 10.1. The Morgan fingerprint density at radius 1 is 1.67 bits per heavy atom. The maximum Gasteiger partial charge on any atom is 0.222 e. The van der Waals surface area contributed by atoms with Crippen molar-refractivity contribution in [3.8, 4) is 0 Å². The van der Waals surface area contributed by atoms with Crippen LogP contribution in [0.3, 0.4) is 0 Å². The summed E-state index contributed by atoms with van der Waals surface area (Å²) in [5.41, 5.74) is 5.63. The van der Waals surface area contributed by atoms with Gasteiger partial charge < -0.3 is 15.4 Å². The smallest absolute Gasteiger partial charge is 0.222 e. The Labute approximate surface area is 91.8 Å². The zero-order chi connectivity index (χ0) is 11.4. The van der Waals surface area contributed by atoms with Gasteiger partial charge in [0, 0.05) is 26.1 Å². The molecule has 1 fully saturated rings. The molecule has 0 aromatic rings. The van der Waals surface area contributed by atoms with Gasteiger partial charge in [0.25, 0.3) is 0 Å². The number of amides is 1. The van der Waals surface area contributed by atoms with Gasteiger partial charge in [-0.2, -0.15) is 0 Å². The molecule has 0 radical (unpaired) electrons. The Hall–Kier alpha value is -0.610. The minimum Gasteiger partial charge on any atom is -0.376 e. The molecule has 88 valence electrons. The Morgan fingerprint density at radius 2 is 2.33 bits per heavy atom. The third-order valence-electron chi connectivity index (χ3n) is 3.04. The van der Waals surface area contributed by atoms with E-state index in [1.165, 1.54) is 0 Å². The molecule has 1 aliphatic rings. The number of hydrogen-bond donors (Lipinski definition) is 1. The van der Waals surface area contributed by atoms with Crippen LogP contribution in [0.15, 0.2) is 0 Å². The minimum absolute atomic E-state index is 0.0969. The predicted molar refractivity (Wildman–Crippen MR) is 59.5 cm³/mol. The van der Waals surface area contributed by atoms with E-state index in [1.807, 2.05) is 25.8 Å². The topological polar surface area (TPSA) is 55.6 Å². The Morgan fingerprint density at radius 3 is 2.80 bits per heavy atom. The van der Waals surface area contributed by atoms with Gasteiger partial charge in [-0.3, -0.25) is 4.79 Å². The van der Waals surface area contributed by atoms with E-state index in [-0.39, 0.29) is 24.1 Å². The molecule has 3 unspecified atom stereocenters. The molecule has 0 saturated carbocycles. The molecule has 1 amide bonds. The van der Waals surface area contributed by atoms with Crippen LogP contribution < -0.4 is 5.73 Å². The van der Waals surface area contributed by atoms with E-state index in [0.29, 0.717) is 6.42 Å². The first-order valence-corrected chi connectivity index (χ1v) is 5.65. The van der Waals surface area contributed by atoms with Crippen LogP contribution in [-0.4, -0.2) is 42.6 Å². The van der Waals surface area contributed by atoms with Crippen LogP contribution in [0.4, 0.5) is 0 Å². The molecule has 2 N–H and O–H groups in total. The largest absolute Gasteiger partial charge is 0.376 e. The maximum atomic E-state index is 11.8. The highest BCUT2D eigenvalue weighted by Gasteiger charge is 2.30. The lowest BCUT2D eigenvalue weighted by Crippen LogP contribution is -2.41. The van der Waals surface area contributed by atoms with E-state index >= 15 is 0 Å². The monoisotopic (exact) mass is 214 g/mol. The number of ether oxygens (including phenoxy) is 1. The lowest BCUT2D eigenvalue weighted by molar-refractivity contribution is -0.133. The van der Waals surface area contributed by atoms with Crippen LogP contribution in [-0.2, 0) is 9.53 Å². The molecule has 1 heterocycles. The summed E-state index contributed by atoms with van der Waals surface area (Å²) in [6, 6.07) is 0.338. The van der Waals surface area contributed by atoms with Crippen LogP contribution in [0.2, 0.25) is 0 Å². The summed E-state index contributed by atoms with van der Waals surface area (Å²) in [6.45, 7) is 4.71. The fraction of sp³-hybridized carbons (Fsp3) is 0.909. The van der Waals surface area contributed by atoms with E-state index in [1.54, 1.807) is 0 Å². The van der Waals surface area contributed by atoms with Crippen molar-refractivity contribution in [3.05, 3.63) is 0 Å². The molecule has 15 heavy (non-hydrogen) atoms. The normalized spacial score (nSPS) is 27.7. The third kappa shape index (κ3) is 3.47. The van der Waals surface area contributed by atoms with Gasteiger partial charge in [0.1, 0.15) is 0 Å². The molecular formula is C11H22N2O2. The first-order valence-electron chi connectivity index (χ1n) is 5.65. The molecule has 4 heteroatoms. The molecule has 1 rings (SSSR count). The fourth-order valence-corrected chi connectivity index (χ4v) is 1.94. The molecular weight excluding hydrogens is 192 g/mol. The van der Waals surface area contributed by atoms with Gasteiger partial charge in [-0.15, -0.1) is 0 Å². The molecule has 0 bridgehead atoms. The molecule has 0 aliphatic carbocycles. The number of rotatable bonds is 4. The second kappa shape index (κ2) is 5.47. The average molecular weight is 214 g/mol. The van der Waals surface area contributed by atoms with Crippen LogP contribution in [0.1, 0.15) is 33.1 Å². The molecule has 3 atom stereocenters. The van der Waals surface area contributed by atoms with Crippen molar-refractivity contribution in [3.63, 3.8) is 0 Å². The minimum atomic E-state index is 0.0969. The van der Waals surface area contributed by atoms with Crippen LogP contribution >= 0.6 is 0 Å². The summed E-state index contributed by atoms with van der Waals surface area (Å²) in [5.74, 6) is 0.176. The van der Waals surface area contributed by atoms with Gasteiger partial charge in [-0.05, 0) is 26.7 Å². The van der Waals surface area contributed by atoms with Gasteiger partial charge in [-0.25, -0.2) is 0 Å². The van der Waals surface area contributed by atoms with Crippen LogP contribution in [0, 0.1) is 0 Å². The first kappa shape index (κ1) is 12.5. The highest BCUT2D eigenvalue weighted by atomic mass is 16.5. The van der Waals surface area contributed by atoms with Gasteiger partial charge in [0.2, 0.25) is 5.91 Å². The van der Waals surface area contributed by atoms with Gasteiger partial charge in [0.05, 0.1) is 12.1 Å². The summed E-state index contributed by atoms with van der Waals surface area (Å²) in [4.78, 5) is 13.6. The zero-order valence-corrected chi connectivity index (χ0v) is 9.90. The third-order valence-corrected chi connectivity index (χ3v) is 3.04. The van der Waals surface area contributed by atoms with Crippen molar-refractivity contribution in [2.24, 2.45) is 5.73 Å². The van der Waals surface area contributed by atoms with Crippen molar-refractivity contribution >= 4 is 5.91 Å². The van der Waals surface area contributed by atoms with E-state index in [2.05, 4.69) is 0 Å². The Kier molecular flexibility index (Phi) is 4.54. The Bertz CT molecular complexity index is 219. The zero-order valence-electron chi connectivity index (χ0n) is 9.90. The summed E-state index contributed by atoms with van der Waals surface area (Å²) < 4.78 is 5.44. The number of nitrogens with zero attached hydrogens (tertiary/aromatic N) is 1. The SMILES string of the molecule is CC(N)CCC(=O)N(C)C1CCOC1C. The molecule has 1 aliphatic heterocycles. The van der Waals surface area contributed by atoms with Crippen molar-refractivity contribution in [2.45, 2.75) is 51.3 Å². The average Bonchev–Trinajstić information content (AvgIpc) is 2.59. The quantitative estimate of drug-likeness (QED) is 0.751. The number of hydrogen-bond acceptors (Lipinski definition) is 3. The maximum absolute atomic E-state index is 11.8. The second-order valence-corrected chi connectivity index (χ2v) is 4.45. The van der Waals surface area contributed by atoms with E-state index in [9.17, 15) is 4.79 Å². The van der Waals surface area contributed by atoms with Gasteiger partial charge in [0.15, 0.2) is 0 Å². The summed E-state index contributed by atoms with van der Waals surface area (Å²) in [6.07, 6.45) is 2.40. The summed E-state index contributed by atoms with van der Waals surface area (Å²) in [7, 11) is 1.86. The summed E-state index contributed by atoms with van der Waals surface area (Å²) >= 11 is 0. The van der Waals surface area contributed by atoms with Crippen molar-refractivity contribution in [1.82, 2.24) is 4.90 Å². The number of nitrogens with two attached hydrogens (primary N) is 1. The van der Waals surface area contributed by atoms with Gasteiger partial charge in [-0.1, -0.05) is 0 Å². The molecule has 1 saturated heterocycles. The number of likely N-dealkylation sites (N-methyl/N-ethyl adjacent to an activating group) is 1. The second-order valence-electron chi connectivity index (χ2n) is 4.45. The van der Waals surface area contributed by atoms with Crippen molar-refractivity contribution < 1.29 is 9.53 Å². The van der Waals surface area contributed by atoms with Crippen molar-refractivity contribution in [1.29, 1.82) is 0 Å². The molecule has 4 nitrogen and oxygen atoms in total. The first-order chi connectivity index (χ1) is 7.02.